The highest BCUT2D eigenvalue weighted by Crippen LogP contribution is 2.24. The number of anilines is 3. The lowest BCUT2D eigenvalue weighted by molar-refractivity contribution is 0.102. The molecule has 0 bridgehead atoms. The van der Waals surface area contributed by atoms with Gasteiger partial charge in [0.2, 0.25) is 0 Å². The van der Waals surface area contributed by atoms with Crippen LogP contribution in [0.5, 0.6) is 0 Å². The summed E-state index contributed by atoms with van der Waals surface area (Å²) in [5.41, 5.74) is 8.42. The first kappa shape index (κ1) is 18.2. The summed E-state index contributed by atoms with van der Waals surface area (Å²) in [6.45, 7) is 0. The van der Waals surface area contributed by atoms with Gasteiger partial charge in [-0.25, -0.2) is 9.50 Å². The summed E-state index contributed by atoms with van der Waals surface area (Å²) in [4.78, 5) is 21.1. The maximum absolute atomic E-state index is 12.7. The maximum atomic E-state index is 12.7. The third kappa shape index (κ3) is 3.74. The van der Waals surface area contributed by atoms with Crippen LogP contribution in [0.25, 0.3) is 5.65 Å². The topological polar surface area (TPSA) is 122 Å². The Balaban J connectivity index is 1.62. The maximum Gasteiger partial charge on any atom is 0.276 e. The van der Waals surface area contributed by atoms with Crippen molar-refractivity contribution in [3.05, 3.63) is 42.5 Å². The van der Waals surface area contributed by atoms with Gasteiger partial charge in [-0.1, -0.05) is 0 Å². The number of nitrogens with two attached hydrogens (primary N) is 1. The molecule has 0 saturated heterocycles. The van der Waals surface area contributed by atoms with Gasteiger partial charge in [0.05, 0.1) is 11.9 Å². The molecule has 28 heavy (non-hydrogen) atoms. The van der Waals surface area contributed by atoms with Gasteiger partial charge in [-0.15, -0.1) is 5.10 Å². The number of hydrogen-bond donors (Lipinski definition) is 4. The Labute approximate surface area is 162 Å². The van der Waals surface area contributed by atoms with Gasteiger partial charge in [-0.2, -0.15) is 0 Å². The predicted molar refractivity (Wildman–Crippen MR) is 109 cm³/mol. The van der Waals surface area contributed by atoms with E-state index in [4.69, 9.17) is 5.73 Å². The highest BCUT2D eigenvalue weighted by atomic mass is 16.2. The van der Waals surface area contributed by atoms with Gasteiger partial charge < -0.3 is 21.7 Å². The first-order valence-corrected chi connectivity index (χ1v) is 9.44. The summed E-state index contributed by atoms with van der Waals surface area (Å²) < 4.78 is 1.57. The first-order chi connectivity index (χ1) is 13.6. The number of hydrogen-bond acceptors (Lipinski definition) is 7. The van der Waals surface area contributed by atoms with Gasteiger partial charge in [-0.05, 0) is 37.8 Å². The Morgan fingerprint density at radius 1 is 1.21 bits per heavy atom. The van der Waals surface area contributed by atoms with Gasteiger partial charge in [0.1, 0.15) is 5.82 Å². The highest BCUT2D eigenvalue weighted by molar-refractivity contribution is 6.03. The van der Waals surface area contributed by atoms with Crippen molar-refractivity contribution in [1.29, 1.82) is 0 Å². The lowest BCUT2D eigenvalue weighted by atomic mass is 9.92. The molecule has 1 aliphatic rings. The number of carbonyl (C=O) groups excluding carboxylic acids is 1. The number of amides is 1. The monoisotopic (exact) mass is 380 g/mol. The van der Waals surface area contributed by atoms with Crippen molar-refractivity contribution >= 4 is 28.7 Å². The van der Waals surface area contributed by atoms with E-state index in [0.29, 0.717) is 34.9 Å². The Hall–Kier alpha value is -3.20. The molecular formula is C19H24N8O. The molecule has 1 aliphatic carbocycles. The zero-order valence-corrected chi connectivity index (χ0v) is 15.7. The minimum Gasteiger partial charge on any atom is -0.385 e. The number of fused-ring (bicyclic) bond motifs is 1. The Morgan fingerprint density at radius 3 is 2.68 bits per heavy atom. The SMILES string of the molecule is CNc1cc(NC2CCC(N)CC2)nn2c(C(=O)Nc3ccncc3)cnc12. The van der Waals surface area contributed by atoms with Crippen LogP contribution in [0.15, 0.2) is 36.8 Å². The number of rotatable bonds is 5. The van der Waals surface area contributed by atoms with Crippen molar-refractivity contribution in [1.82, 2.24) is 19.6 Å². The van der Waals surface area contributed by atoms with Crippen LogP contribution in [0.2, 0.25) is 0 Å². The van der Waals surface area contributed by atoms with Crippen molar-refractivity contribution < 1.29 is 4.79 Å². The van der Waals surface area contributed by atoms with Crippen molar-refractivity contribution in [3.63, 3.8) is 0 Å². The fourth-order valence-electron chi connectivity index (χ4n) is 3.48. The van der Waals surface area contributed by atoms with E-state index in [1.54, 1.807) is 29.0 Å². The molecule has 5 N–H and O–H groups in total. The molecule has 9 heteroatoms. The molecule has 1 fully saturated rings. The largest absolute Gasteiger partial charge is 0.385 e. The molecule has 3 aromatic heterocycles. The Morgan fingerprint density at radius 2 is 1.96 bits per heavy atom. The molecule has 0 aromatic carbocycles. The number of imidazole rings is 1. The summed E-state index contributed by atoms with van der Waals surface area (Å²) in [6.07, 6.45) is 8.80. The van der Waals surface area contributed by atoms with E-state index in [1.807, 2.05) is 13.1 Å². The molecule has 0 unspecified atom stereocenters. The third-order valence-electron chi connectivity index (χ3n) is 5.03. The van der Waals surface area contributed by atoms with Crippen molar-refractivity contribution in [3.8, 4) is 0 Å². The predicted octanol–water partition coefficient (Wildman–Crippen LogP) is 2.10. The second kappa shape index (κ2) is 7.81. The van der Waals surface area contributed by atoms with E-state index in [9.17, 15) is 4.79 Å². The number of pyridine rings is 1. The summed E-state index contributed by atoms with van der Waals surface area (Å²) >= 11 is 0. The van der Waals surface area contributed by atoms with Crippen molar-refractivity contribution in [2.45, 2.75) is 37.8 Å². The van der Waals surface area contributed by atoms with Crippen LogP contribution in [-0.4, -0.2) is 44.6 Å². The summed E-state index contributed by atoms with van der Waals surface area (Å²) in [5.74, 6) is 0.419. The Bertz CT molecular complexity index is 963. The molecule has 9 nitrogen and oxygen atoms in total. The summed E-state index contributed by atoms with van der Waals surface area (Å²) in [7, 11) is 1.82. The lowest BCUT2D eigenvalue weighted by Crippen LogP contribution is -2.33. The smallest absolute Gasteiger partial charge is 0.276 e. The molecule has 0 aliphatic heterocycles. The average Bonchev–Trinajstić information content (AvgIpc) is 3.14. The van der Waals surface area contributed by atoms with Crippen LogP contribution in [0.3, 0.4) is 0 Å². The van der Waals surface area contributed by atoms with E-state index in [1.165, 1.54) is 6.20 Å². The summed E-state index contributed by atoms with van der Waals surface area (Å²) in [6, 6.07) is 6.00. The van der Waals surface area contributed by atoms with Gasteiger partial charge in [-0.3, -0.25) is 9.78 Å². The molecule has 1 saturated carbocycles. The first-order valence-electron chi connectivity index (χ1n) is 9.44. The third-order valence-corrected chi connectivity index (χ3v) is 5.03. The van der Waals surface area contributed by atoms with Crippen LogP contribution < -0.4 is 21.7 Å². The molecule has 3 heterocycles. The van der Waals surface area contributed by atoms with E-state index < -0.39 is 0 Å². The fourth-order valence-corrected chi connectivity index (χ4v) is 3.48. The second-order valence-corrected chi connectivity index (χ2v) is 7.02. The molecule has 146 valence electrons. The highest BCUT2D eigenvalue weighted by Gasteiger charge is 2.21. The molecule has 3 aromatic rings. The Kier molecular flexibility index (Phi) is 5.07. The van der Waals surface area contributed by atoms with Gasteiger partial charge in [0, 0.05) is 43.3 Å². The molecule has 0 radical (unpaired) electrons. The summed E-state index contributed by atoms with van der Waals surface area (Å²) in [5, 5.41) is 14.1. The quantitative estimate of drug-likeness (QED) is 0.534. The van der Waals surface area contributed by atoms with Crippen LogP contribution in [0, 0.1) is 0 Å². The fraction of sp³-hybridized carbons (Fsp3) is 0.368. The number of aromatic nitrogens is 4. The zero-order chi connectivity index (χ0) is 19.5. The number of nitrogens with one attached hydrogen (secondary N) is 3. The van der Waals surface area contributed by atoms with Crippen molar-refractivity contribution in [2.24, 2.45) is 5.73 Å². The molecule has 0 spiro atoms. The normalized spacial score (nSPS) is 19.4. The standard InChI is InChI=1S/C19H24N8O/c1-21-15-10-17(24-13-4-2-12(20)3-5-13)26-27-16(11-23-18(15)27)19(28)25-14-6-8-22-9-7-14/h6-13,21H,2-5,20H2,1H3,(H,24,26)(H,22,25,28). The second-order valence-electron chi connectivity index (χ2n) is 7.02. The number of carbonyl (C=O) groups is 1. The molecule has 1 amide bonds. The van der Waals surface area contributed by atoms with Crippen LogP contribution >= 0.6 is 0 Å². The van der Waals surface area contributed by atoms with Crippen LogP contribution in [0.1, 0.15) is 36.2 Å². The van der Waals surface area contributed by atoms with E-state index in [-0.39, 0.29) is 5.91 Å². The molecule has 0 atom stereocenters. The molecular weight excluding hydrogens is 356 g/mol. The zero-order valence-electron chi connectivity index (χ0n) is 15.7. The van der Waals surface area contributed by atoms with E-state index in [2.05, 4.69) is 31.0 Å². The van der Waals surface area contributed by atoms with E-state index in [0.717, 1.165) is 31.4 Å². The van der Waals surface area contributed by atoms with Gasteiger partial charge in [0.25, 0.3) is 5.91 Å². The minimum atomic E-state index is -0.283. The number of nitrogens with zero attached hydrogens (tertiary/aromatic N) is 4. The van der Waals surface area contributed by atoms with Gasteiger partial charge in [0.15, 0.2) is 11.3 Å². The average molecular weight is 380 g/mol. The van der Waals surface area contributed by atoms with E-state index >= 15 is 0 Å². The lowest BCUT2D eigenvalue weighted by Gasteiger charge is -2.27. The van der Waals surface area contributed by atoms with Crippen LogP contribution in [0.4, 0.5) is 17.2 Å². The van der Waals surface area contributed by atoms with Crippen molar-refractivity contribution in [2.75, 3.05) is 23.0 Å². The molecule has 4 rings (SSSR count). The minimum absolute atomic E-state index is 0.283. The van der Waals surface area contributed by atoms with Gasteiger partial charge >= 0.3 is 0 Å². The van der Waals surface area contributed by atoms with Crippen LogP contribution in [-0.2, 0) is 0 Å².